The standard InChI is InChI=1S/C14H9BrF2N2O3S/c15-7-4-10(23-6-7)13-18(5-11(20)19(13)22)14(21)12-8(16)2-1-3-9(12)17/h1-4,6,13,22H,5H2/i6D. The SMILES string of the molecule is [2H]c1sc(C2N(O)C(=O)CN2C(=O)c2c(F)cccc2F)cc1Br. The van der Waals surface area contributed by atoms with Crippen LogP contribution in [0.2, 0.25) is 0 Å². The van der Waals surface area contributed by atoms with Crippen molar-refractivity contribution in [3.05, 3.63) is 56.2 Å². The third kappa shape index (κ3) is 2.75. The molecule has 1 saturated heterocycles. The number of halogens is 3. The second-order valence-electron chi connectivity index (χ2n) is 4.74. The summed E-state index contributed by atoms with van der Waals surface area (Å²) in [5, 5.41) is 10.4. The van der Waals surface area contributed by atoms with E-state index < -0.39 is 41.7 Å². The molecule has 9 heteroatoms. The molecule has 2 aromatic rings. The van der Waals surface area contributed by atoms with Crippen molar-refractivity contribution in [2.75, 3.05) is 6.54 Å². The van der Waals surface area contributed by atoms with Crippen molar-refractivity contribution in [3.8, 4) is 0 Å². The van der Waals surface area contributed by atoms with E-state index in [0.29, 0.717) is 14.4 Å². The molecule has 0 spiro atoms. The summed E-state index contributed by atoms with van der Waals surface area (Å²) in [4.78, 5) is 25.5. The number of nitrogens with zero attached hydrogens (tertiary/aromatic N) is 2. The van der Waals surface area contributed by atoms with Gasteiger partial charge in [-0.05, 0) is 34.1 Å². The van der Waals surface area contributed by atoms with Crippen LogP contribution in [-0.4, -0.2) is 33.5 Å². The van der Waals surface area contributed by atoms with Gasteiger partial charge in [-0.15, -0.1) is 11.3 Å². The molecule has 2 heterocycles. The van der Waals surface area contributed by atoms with Gasteiger partial charge in [0.1, 0.15) is 23.7 Å². The normalized spacial score (nSPS) is 18.5. The molecule has 2 amide bonds. The minimum absolute atomic E-state index is 0.127. The molecule has 5 nitrogen and oxygen atoms in total. The van der Waals surface area contributed by atoms with Gasteiger partial charge in [0.05, 0.1) is 6.25 Å². The van der Waals surface area contributed by atoms with Gasteiger partial charge < -0.3 is 4.90 Å². The molecule has 0 aliphatic carbocycles. The second kappa shape index (κ2) is 5.99. The van der Waals surface area contributed by atoms with Gasteiger partial charge in [-0.3, -0.25) is 14.8 Å². The van der Waals surface area contributed by atoms with Crippen molar-refractivity contribution in [1.29, 1.82) is 0 Å². The van der Waals surface area contributed by atoms with Gasteiger partial charge in [0, 0.05) is 9.83 Å². The average Bonchev–Trinajstić information content (AvgIpc) is 2.99. The lowest BCUT2D eigenvalue weighted by molar-refractivity contribution is -0.168. The Bertz CT molecular complexity index is 808. The third-order valence-electron chi connectivity index (χ3n) is 3.32. The van der Waals surface area contributed by atoms with Crippen LogP contribution in [0.25, 0.3) is 0 Å². The van der Waals surface area contributed by atoms with Gasteiger partial charge in [-0.1, -0.05) is 6.07 Å². The fourth-order valence-corrected chi connectivity index (χ4v) is 3.72. The number of carbonyl (C=O) groups is 2. The Balaban J connectivity index is 2.04. The smallest absolute Gasteiger partial charge is 0.268 e. The van der Waals surface area contributed by atoms with E-state index in [1.54, 1.807) is 0 Å². The van der Waals surface area contributed by atoms with E-state index in [4.69, 9.17) is 1.37 Å². The van der Waals surface area contributed by atoms with E-state index in [-0.39, 0.29) is 5.36 Å². The summed E-state index contributed by atoms with van der Waals surface area (Å²) in [7, 11) is 0. The minimum atomic E-state index is -1.25. The maximum absolute atomic E-state index is 13.9. The summed E-state index contributed by atoms with van der Waals surface area (Å²) in [6, 6.07) is 4.46. The van der Waals surface area contributed by atoms with E-state index in [1.807, 2.05) is 0 Å². The zero-order chi connectivity index (χ0) is 17.6. The number of rotatable bonds is 2. The Labute approximate surface area is 143 Å². The van der Waals surface area contributed by atoms with E-state index in [9.17, 15) is 23.6 Å². The molecule has 1 N–H and O–H groups in total. The Hall–Kier alpha value is -1.84. The van der Waals surface area contributed by atoms with Gasteiger partial charge in [0.2, 0.25) is 0 Å². The number of benzene rings is 1. The van der Waals surface area contributed by atoms with E-state index in [2.05, 4.69) is 15.9 Å². The first-order valence-electron chi connectivity index (χ1n) is 6.83. The Morgan fingerprint density at radius 1 is 1.43 bits per heavy atom. The highest BCUT2D eigenvalue weighted by Crippen LogP contribution is 2.36. The molecule has 1 aromatic carbocycles. The number of thiophene rings is 1. The van der Waals surface area contributed by atoms with Crippen LogP contribution in [0.3, 0.4) is 0 Å². The quantitative estimate of drug-likeness (QED) is 0.783. The lowest BCUT2D eigenvalue weighted by Crippen LogP contribution is -2.34. The summed E-state index contributed by atoms with van der Waals surface area (Å²) in [6.45, 7) is -0.531. The van der Waals surface area contributed by atoms with Crippen molar-refractivity contribution in [1.82, 2.24) is 9.96 Å². The summed E-state index contributed by atoms with van der Waals surface area (Å²) in [5.41, 5.74) is -0.799. The van der Waals surface area contributed by atoms with Crippen molar-refractivity contribution < 1.29 is 24.9 Å². The maximum atomic E-state index is 13.9. The van der Waals surface area contributed by atoms with Crippen LogP contribution in [0.1, 0.15) is 22.8 Å². The monoisotopic (exact) mass is 403 g/mol. The number of hydroxylamine groups is 2. The third-order valence-corrected chi connectivity index (χ3v) is 4.89. The van der Waals surface area contributed by atoms with Crippen molar-refractivity contribution in [2.45, 2.75) is 6.17 Å². The van der Waals surface area contributed by atoms with Gasteiger partial charge in [-0.2, -0.15) is 5.06 Å². The predicted octanol–water partition coefficient (Wildman–Crippen LogP) is 3.16. The average molecular weight is 404 g/mol. The molecule has 1 aromatic heterocycles. The molecular weight excluding hydrogens is 394 g/mol. The molecular formula is C14H9BrF2N2O3S. The zero-order valence-corrected chi connectivity index (χ0v) is 13.7. The molecule has 0 bridgehead atoms. The van der Waals surface area contributed by atoms with Crippen LogP contribution >= 0.6 is 27.3 Å². The summed E-state index contributed by atoms with van der Waals surface area (Å²) >= 11 is 4.06. The molecule has 1 unspecified atom stereocenters. The van der Waals surface area contributed by atoms with Crippen molar-refractivity contribution in [2.24, 2.45) is 0 Å². The van der Waals surface area contributed by atoms with Crippen LogP contribution < -0.4 is 0 Å². The zero-order valence-electron chi connectivity index (χ0n) is 12.3. The predicted molar refractivity (Wildman–Crippen MR) is 80.8 cm³/mol. The number of hydrogen-bond acceptors (Lipinski definition) is 4. The van der Waals surface area contributed by atoms with Crippen molar-refractivity contribution in [3.63, 3.8) is 0 Å². The molecule has 0 saturated carbocycles. The molecule has 1 fully saturated rings. The summed E-state index contributed by atoms with van der Waals surface area (Å²) < 4.78 is 35.8. The Kier molecular flexibility index (Phi) is 3.83. The number of amides is 2. The van der Waals surface area contributed by atoms with Crippen molar-refractivity contribution >= 4 is 39.1 Å². The highest BCUT2D eigenvalue weighted by molar-refractivity contribution is 9.10. The fraction of sp³-hybridized carbons (Fsp3) is 0.143. The fourth-order valence-electron chi connectivity index (χ4n) is 2.29. The Morgan fingerprint density at radius 2 is 2.09 bits per heavy atom. The van der Waals surface area contributed by atoms with Gasteiger partial charge in [0.15, 0.2) is 6.17 Å². The minimum Gasteiger partial charge on any atom is -0.302 e. The highest BCUT2D eigenvalue weighted by Gasteiger charge is 2.43. The van der Waals surface area contributed by atoms with Crippen LogP contribution in [0.15, 0.2) is 34.1 Å². The van der Waals surface area contributed by atoms with E-state index >= 15 is 0 Å². The van der Waals surface area contributed by atoms with Gasteiger partial charge >= 0.3 is 0 Å². The van der Waals surface area contributed by atoms with E-state index in [1.165, 1.54) is 6.07 Å². The van der Waals surface area contributed by atoms with Gasteiger partial charge in [-0.25, -0.2) is 8.78 Å². The summed E-state index contributed by atoms with van der Waals surface area (Å²) in [6.07, 6.45) is -1.25. The van der Waals surface area contributed by atoms with Crippen LogP contribution in [0, 0.1) is 11.6 Å². The first-order chi connectivity index (χ1) is 11.3. The molecule has 3 rings (SSSR count). The lowest BCUT2D eigenvalue weighted by atomic mass is 10.1. The van der Waals surface area contributed by atoms with Crippen LogP contribution in [0.4, 0.5) is 8.78 Å². The molecule has 0 radical (unpaired) electrons. The molecule has 1 aliphatic rings. The molecule has 1 aliphatic heterocycles. The number of hydrogen-bond donors (Lipinski definition) is 1. The first-order valence-corrected chi connectivity index (χ1v) is 7.94. The number of carbonyl (C=O) groups excluding carboxylic acids is 2. The molecule has 1 atom stereocenters. The second-order valence-corrected chi connectivity index (χ2v) is 6.47. The Morgan fingerprint density at radius 3 is 2.65 bits per heavy atom. The van der Waals surface area contributed by atoms with Crippen LogP contribution in [-0.2, 0) is 4.79 Å². The highest BCUT2D eigenvalue weighted by atomic mass is 79.9. The molecule has 120 valence electrons. The van der Waals surface area contributed by atoms with Crippen LogP contribution in [0.5, 0.6) is 0 Å². The summed E-state index contributed by atoms with van der Waals surface area (Å²) in [5.74, 6) is -3.97. The van der Waals surface area contributed by atoms with E-state index in [0.717, 1.165) is 34.4 Å². The first kappa shape index (κ1) is 14.7. The van der Waals surface area contributed by atoms with Gasteiger partial charge in [0.25, 0.3) is 11.8 Å². The lowest BCUT2D eigenvalue weighted by Gasteiger charge is -2.25. The maximum Gasteiger partial charge on any atom is 0.268 e. The topological polar surface area (TPSA) is 60.9 Å². The molecule has 23 heavy (non-hydrogen) atoms. The largest absolute Gasteiger partial charge is 0.302 e.